The molecule has 1 heterocycles. The van der Waals surface area contributed by atoms with Crippen molar-refractivity contribution >= 4 is 39.0 Å². The molecule has 0 amide bonds. The van der Waals surface area contributed by atoms with Gasteiger partial charge in [-0.05, 0) is 135 Å². The van der Waals surface area contributed by atoms with Gasteiger partial charge in [0.05, 0.1) is 5.69 Å². The smallest absolute Gasteiger partial charge is 0.136 e. The van der Waals surface area contributed by atoms with E-state index in [1.54, 1.807) is 5.56 Å². The molecule has 2 fully saturated rings. The maximum Gasteiger partial charge on any atom is 0.136 e. The van der Waals surface area contributed by atoms with Gasteiger partial charge in [-0.1, -0.05) is 154 Å². The molecule has 13 rings (SSSR count). The Morgan fingerprint density at radius 3 is 1.95 bits per heavy atom. The van der Waals surface area contributed by atoms with Crippen LogP contribution in [0, 0.1) is 11.8 Å². The molecule has 2 bridgehead atoms. The second-order valence-corrected chi connectivity index (χ2v) is 18.4. The van der Waals surface area contributed by atoms with E-state index in [1.807, 2.05) is 0 Å². The van der Waals surface area contributed by atoms with Crippen LogP contribution in [-0.2, 0) is 10.8 Å². The summed E-state index contributed by atoms with van der Waals surface area (Å²) in [7, 11) is 0. The first-order valence-electron chi connectivity index (χ1n) is 21.9. The molecule has 4 aliphatic rings. The summed E-state index contributed by atoms with van der Waals surface area (Å²) in [6.07, 6.45) is 5.30. The molecule has 288 valence electrons. The number of rotatable bonds is 5. The van der Waals surface area contributed by atoms with Crippen molar-refractivity contribution in [1.82, 2.24) is 0 Å². The van der Waals surface area contributed by atoms with E-state index in [2.05, 4.69) is 195 Å². The van der Waals surface area contributed by atoms with Crippen molar-refractivity contribution in [2.24, 2.45) is 11.8 Å². The van der Waals surface area contributed by atoms with E-state index in [4.69, 9.17) is 4.42 Å². The lowest BCUT2D eigenvalue weighted by Crippen LogP contribution is -2.32. The molecule has 3 unspecified atom stereocenters. The maximum absolute atomic E-state index is 6.45. The molecular formula is C58H45NO. The maximum atomic E-state index is 6.45. The second-order valence-electron chi connectivity index (χ2n) is 18.4. The van der Waals surface area contributed by atoms with E-state index in [9.17, 15) is 0 Å². The Kier molecular flexibility index (Phi) is 7.10. The SMILES string of the molecule is CC1(C)c2ccccc2-c2cccc(-c3ccc(N(c4ccc5c(c4)C4(CC6CCC4C6)c4ccccc4-5)c4ccccc4-c4cccc5oc6ccccc6c45)cc3)c21. The molecule has 60 heavy (non-hydrogen) atoms. The number of para-hydroxylation sites is 2. The first kappa shape index (κ1) is 34.2. The minimum absolute atomic E-state index is 0.0826. The van der Waals surface area contributed by atoms with Gasteiger partial charge in [-0.25, -0.2) is 0 Å². The number of furan rings is 1. The third-order valence-electron chi connectivity index (χ3n) is 15.1. The Balaban J connectivity index is 1.01. The van der Waals surface area contributed by atoms with Crippen molar-refractivity contribution in [3.8, 4) is 44.5 Å². The van der Waals surface area contributed by atoms with Gasteiger partial charge in [-0.15, -0.1) is 0 Å². The Hall–Kier alpha value is -6.64. The topological polar surface area (TPSA) is 16.4 Å². The molecule has 8 aromatic carbocycles. The van der Waals surface area contributed by atoms with Gasteiger partial charge in [-0.3, -0.25) is 0 Å². The fourth-order valence-corrected chi connectivity index (χ4v) is 12.7. The third-order valence-corrected chi connectivity index (χ3v) is 15.1. The van der Waals surface area contributed by atoms with Gasteiger partial charge in [0.15, 0.2) is 0 Å². The van der Waals surface area contributed by atoms with Crippen molar-refractivity contribution in [2.45, 2.75) is 50.4 Å². The van der Waals surface area contributed by atoms with Gasteiger partial charge in [0.1, 0.15) is 11.2 Å². The van der Waals surface area contributed by atoms with Crippen LogP contribution < -0.4 is 4.90 Å². The lowest BCUT2D eigenvalue weighted by atomic mass is 9.67. The lowest BCUT2D eigenvalue weighted by molar-refractivity contribution is 0.327. The van der Waals surface area contributed by atoms with E-state index < -0.39 is 0 Å². The molecule has 1 aromatic heterocycles. The zero-order chi connectivity index (χ0) is 39.7. The zero-order valence-electron chi connectivity index (χ0n) is 34.1. The minimum Gasteiger partial charge on any atom is -0.456 e. The number of anilines is 3. The van der Waals surface area contributed by atoms with Gasteiger partial charge >= 0.3 is 0 Å². The quantitative estimate of drug-likeness (QED) is 0.173. The Morgan fingerprint density at radius 1 is 0.500 bits per heavy atom. The van der Waals surface area contributed by atoms with Crippen LogP contribution in [0.1, 0.15) is 61.8 Å². The fraction of sp³-hybridized carbons (Fsp3) is 0.172. The monoisotopic (exact) mass is 771 g/mol. The summed E-state index contributed by atoms with van der Waals surface area (Å²) in [6, 6.07) is 65.8. The molecule has 2 heteroatoms. The second kappa shape index (κ2) is 12.4. The first-order chi connectivity index (χ1) is 29.5. The van der Waals surface area contributed by atoms with Crippen LogP contribution in [-0.4, -0.2) is 0 Å². The highest BCUT2D eigenvalue weighted by Crippen LogP contribution is 2.66. The number of benzene rings is 8. The first-order valence-corrected chi connectivity index (χ1v) is 21.9. The van der Waals surface area contributed by atoms with Crippen LogP contribution >= 0.6 is 0 Å². The Labute approximate surface area is 351 Å². The normalized spacial score (nSPS) is 20.1. The van der Waals surface area contributed by atoms with Crippen molar-refractivity contribution in [3.63, 3.8) is 0 Å². The average molecular weight is 772 g/mol. The third kappa shape index (κ3) is 4.60. The number of nitrogens with zero attached hydrogens (tertiary/aromatic N) is 1. The molecule has 0 aliphatic heterocycles. The largest absolute Gasteiger partial charge is 0.456 e. The highest BCUT2D eigenvalue weighted by molar-refractivity contribution is 6.14. The molecule has 0 radical (unpaired) electrons. The van der Waals surface area contributed by atoms with Crippen LogP contribution in [0.3, 0.4) is 0 Å². The van der Waals surface area contributed by atoms with Crippen LogP contribution in [0.4, 0.5) is 17.1 Å². The van der Waals surface area contributed by atoms with E-state index in [-0.39, 0.29) is 10.8 Å². The van der Waals surface area contributed by atoms with E-state index in [0.29, 0.717) is 5.92 Å². The van der Waals surface area contributed by atoms with Crippen molar-refractivity contribution in [2.75, 3.05) is 4.90 Å². The Bertz CT molecular complexity index is 3220. The van der Waals surface area contributed by atoms with Crippen LogP contribution in [0.15, 0.2) is 180 Å². The lowest BCUT2D eigenvalue weighted by Gasteiger charge is -2.37. The highest BCUT2D eigenvalue weighted by atomic mass is 16.3. The molecular weight excluding hydrogens is 727 g/mol. The van der Waals surface area contributed by atoms with Crippen molar-refractivity contribution < 1.29 is 4.42 Å². The predicted octanol–water partition coefficient (Wildman–Crippen LogP) is 15.8. The molecule has 0 N–H and O–H groups in total. The molecule has 2 nitrogen and oxygen atoms in total. The number of hydrogen-bond donors (Lipinski definition) is 0. The van der Waals surface area contributed by atoms with E-state index >= 15 is 0 Å². The summed E-state index contributed by atoms with van der Waals surface area (Å²) in [5.74, 6) is 1.50. The summed E-state index contributed by atoms with van der Waals surface area (Å²) >= 11 is 0. The van der Waals surface area contributed by atoms with E-state index in [0.717, 1.165) is 39.2 Å². The van der Waals surface area contributed by atoms with Crippen molar-refractivity contribution in [3.05, 3.63) is 198 Å². The van der Waals surface area contributed by atoms with Gasteiger partial charge < -0.3 is 9.32 Å². The average Bonchev–Trinajstić information content (AvgIpc) is 4.11. The Morgan fingerprint density at radius 2 is 1.13 bits per heavy atom. The molecule has 2 saturated carbocycles. The summed E-state index contributed by atoms with van der Waals surface area (Å²) in [4.78, 5) is 2.53. The minimum atomic E-state index is -0.0952. The molecule has 4 aliphatic carbocycles. The van der Waals surface area contributed by atoms with E-state index in [1.165, 1.54) is 92.6 Å². The van der Waals surface area contributed by atoms with Gasteiger partial charge in [0, 0.05) is 38.5 Å². The van der Waals surface area contributed by atoms with Crippen molar-refractivity contribution in [1.29, 1.82) is 0 Å². The van der Waals surface area contributed by atoms with Crippen LogP contribution in [0.5, 0.6) is 0 Å². The standard InChI is InChI=1S/C58H45NO/c1-57(2)49-20-7-3-14-43(49)47-19-11-17-41(56(47)57)37-26-29-39(30-27-37)59(52-22-9-5-15-45(52)46-18-12-24-54-55(46)48-16-6-10-23-53(48)60-54)40-31-32-44-42-13-4-8-21-50(42)58(51(44)34-40)35-36-25-28-38(58)33-36/h3-24,26-27,29-32,34,36,38H,25,28,33,35H2,1-2H3. The van der Waals surface area contributed by atoms with Gasteiger partial charge in [0.25, 0.3) is 0 Å². The van der Waals surface area contributed by atoms with Gasteiger partial charge in [0.2, 0.25) is 0 Å². The predicted molar refractivity (Wildman–Crippen MR) is 249 cm³/mol. The summed E-state index contributed by atoms with van der Waals surface area (Å²) in [5, 5.41) is 2.30. The summed E-state index contributed by atoms with van der Waals surface area (Å²) in [5.41, 5.74) is 21.7. The molecule has 3 atom stereocenters. The zero-order valence-corrected chi connectivity index (χ0v) is 34.1. The fourth-order valence-electron chi connectivity index (χ4n) is 12.7. The number of fused-ring (bicyclic) bond motifs is 14. The summed E-state index contributed by atoms with van der Waals surface area (Å²) < 4.78 is 6.45. The summed E-state index contributed by atoms with van der Waals surface area (Å²) in [6.45, 7) is 4.76. The molecule has 9 aromatic rings. The van der Waals surface area contributed by atoms with Crippen LogP contribution in [0.2, 0.25) is 0 Å². The van der Waals surface area contributed by atoms with Gasteiger partial charge in [-0.2, -0.15) is 0 Å². The molecule has 0 saturated heterocycles. The highest BCUT2D eigenvalue weighted by Gasteiger charge is 2.56. The van der Waals surface area contributed by atoms with Crippen LogP contribution in [0.25, 0.3) is 66.4 Å². The molecule has 1 spiro atoms. The number of hydrogen-bond acceptors (Lipinski definition) is 2.